The third-order valence-corrected chi connectivity index (χ3v) is 2.86. The maximum absolute atomic E-state index is 13.4. The Bertz CT molecular complexity index is 676. The summed E-state index contributed by atoms with van der Waals surface area (Å²) in [5, 5.41) is 11.3. The molecule has 0 fully saturated rings. The zero-order valence-corrected chi connectivity index (χ0v) is 11.5. The van der Waals surface area contributed by atoms with E-state index in [9.17, 15) is 9.18 Å². The monoisotopic (exact) mass is 304 g/mol. The summed E-state index contributed by atoms with van der Waals surface area (Å²) in [5.41, 5.74) is 1.00. The van der Waals surface area contributed by atoms with Gasteiger partial charge in [0.1, 0.15) is 0 Å². The molecule has 0 aromatic heterocycles. The molecule has 0 bridgehead atoms. The standard InChI is InChI=1S/C15H10ClFN2O2/c16-12-2-1-3-13(17)15(12)21-9-14(20)19-11-6-4-10(8-18)5-7-11/h1-7H,9H2,(H,19,20). The quantitative estimate of drug-likeness (QED) is 0.942. The first-order valence-electron chi connectivity index (χ1n) is 5.97. The van der Waals surface area contributed by atoms with E-state index in [-0.39, 0.29) is 17.4 Å². The van der Waals surface area contributed by atoms with Gasteiger partial charge < -0.3 is 10.1 Å². The van der Waals surface area contributed by atoms with Crippen LogP contribution in [0.3, 0.4) is 0 Å². The van der Waals surface area contributed by atoms with Crippen LogP contribution in [0.2, 0.25) is 5.02 Å². The van der Waals surface area contributed by atoms with Crippen LogP contribution >= 0.6 is 11.6 Å². The van der Waals surface area contributed by atoms with Gasteiger partial charge in [-0.15, -0.1) is 0 Å². The number of amides is 1. The molecule has 0 aliphatic carbocycles. The zero-order valence-electron chi connectivity index (χ0n) is 10.8. The Labute approximate surface area is 125 Å². The topological polar surface area (TPSA) is 62.1 Å². The average Bonchev–Trinajstić information content (AvgIpc) is 2.47. The number of nitrogens with one attached hydrogen (secondary N) is 1. The smallest absolute Gasteiger partial charge is 0.262 e. The van der Waals surface area contributed by atoms with Gasteiger partial charge in [-0.2, -0.15) is 5.26 Å². The molecule has 106 valence electrons. The van der Waals surface area contributed by atoms with E-state index in [0.717, 1.165) is 0 Å². The van der Waals surface area contributed by atoms with E-state index >= 15 is 0 Å². The van der Waals surface area contributed by atoms with Crippen molar-refractivity contribution in [2.24, 2.45) is 0 Å². The van der Waals surface area contributed by atoms with Crippen molar-refractivity contribution in [1.82, 2.24) is 0 Å². The highest BCUT2D eigenvalue weighted by molar-refractivity contribution is 6.32. The first-order valence-corrected chi connectivity index (χ1v) is 6.35. The fraction of sp³-hybridized carbons (Fsp3) is 0.0667. The second-order valence-electron chi connectivity index (χ2n) is 4.08. The zero-order chi connectivity index (χ0) is 15.2. The van der Waals surface area contributed by atoms with Crippen molar-refractivity contribution in [3.8, 4) is 11.8 Å². The van der Waals surface area contributed by atoms with Crippen molar-refractivity contribution in [3.63, 3.8) is 0 Å². The molecule has 0 unspecified atom stereocenters. The fourth-order valence-corrected chi connectivity index (χ4v) is 1.80. The number of carbonyl (C=O) groups is 1. The molecular weight excluding hydrogens is 295 g/mol. The Hall–Kier alpha value is -2.58. The lowest BCUT2D eigenvalue weighted by atomic mass is 10.2. The van der Waals surface area contributed by atoms with Crippen LogP contribution in [-0.2, 0) is 4.79 Å². The second-order valence-corrected chi connectivity index (χ2v) is 4.48. The molecule has 2 aromatic rings. The minimum atomic E-state index is -0.631. The van der Waals surface area contributed by atoms with Crippen molar-refractivity contribution in [1.29, 1.82) is 5.26 Å². The summed E-state index contributed by atoms with van der Waals surface area (Å²) >= 11 is 5.78. The summed E-state index contributed by atoms with van der Waals surface area (Å²) in [6.07, 6.45) is 0. The molecule has 21 heavy (non-hydrogen) atoms. The Morgan fingerprint density at radius 3 is 2.62 bits per heavy atom. The van der Waals surface area contributed by atoms with Crippen molar-refractivity contribution >= 4 is 23.2 Å². The highest BCUT2D eigenvalue weighted by atomic mass is 35.5. The number of nitriles is 1. The van der Waals surface area contributed by atoms with Gasteiger partial charge in [-0.3, -0.25) is 4.79 Å². The molecule has 4 nitrogen and oxygen atoms in total. The molecule has 0 radical (unpaired) electrons. The normalized spacial score (nSPS) is 9.76. The van der Waals surface area contributed by atoms with E-state index in [2.05, 4.69) is 5.32 Å². The van der Waals surface area contributed by atoms with Gasteiger partial charge in [0.05, 0.1) is 16.7 Å². The molecule has 0 saturated carbocycles. The summed E-state index contributed by atoms with van der Waals surface area (Å²) in [6, 6.07) is 12.4. The molecule has 0 saturated heterocycles. The average molecular weight is 305 g/mol. The molecule has 2 rings (SSSR count). The van der Waals surface area contributed by atoms with Crippen LogP contribution in [0.25, 0.3) is 0 Å². The molecule has 0 aliphatic rings. The molecule has 2 aromatic carbocycles. The van der Waals surface area contributed by atoms with Crippen LogP contribution in [0.15, 0.2) is 42.5 Å². The lowest BCUT2D eigenvalue weighted by molar-refractivity contribution is -0.118. The molecule has 0 spiro atoms. The van der Waals surface area contributed by atoms with Crippen molar-refractivity contribution in [3.05, 3.63) is 58.9 Å². The van der Waals surface area contributed by atoms with E-state index in [1.165, 1.54) is 18.2 Å². The van der Waals surface area contributed by atoms with Crippen molar-refractivity contribution in [2.45, 2.75) is 0 Å². The summed E-state index contributed by atoms with van der Waals surface area (Å²) in [6.45, 7) is -0.374. The van der Waals surface area contributed by atoms with Gasteiger partial charge >= 0.3 is 0 Å². The molecule has 0 heterocycles. The van der Waals surface area contributed by atoms with Gasteiger partial charge in [-0.05, 0) is 36.4 Å². The van der Waals surface area contributed by atoms with Gasteiger partial charge in [0.25, 0.3) is 5.91 Å². The Balaban J connectivity index is 1.94. The van der Waals surface area contributed by atoms with E-state index in [0.29, 0.717) is 11.3 Å². The van der Waals surface area contributed by atoms with E-state index in [4.69, 9.17) is 21.6 Å². The number of para-hydroxylation sites is 1. The van der Waals surface area contributed by atoms with Crippen LogP contribution in [-0.4, -0.2) is 12.5 Å². The number of carbonyl (C=O) groups excluding carboxylic acids is 1. The van der Waals surface area contributed by atoms with Gasteiger partial charge in [0.15, 0.2) is 18.2 Å². The van der Waals surface area contributed by atoms with Crippen LogP contribution in [0.5, 0.6) is 5.75 Å². The van der Waals surface area contributed by atoms with Gasteiger partial charge in [-0.1, -0.05) is 17.7 Å². The predicted octanol–water partition coefficient (Wildman–Crippen LogP) is 3.37. The fourth-order valence-electron chi connectivity index (χ4n) is 1.58. The van der Waals surface area contributed by atoms with Crippen molar-refractivity contribution in [2.75, 3.05) is 11.9 Å². The Kier molecular flexibility index (Phi) is 4.75. The summed E-state index contributed by atoms with van der Waals surface area (Å²) in [4.78, 5) is 11.7. The maximum Gasteiger partial charge on any atom is 0.262 e. The van der Waals surface area contributed by atoms with Gasteiger partial charge in [-0.25, -0.2) is 4.39 Å². The largest absolute Gasteiger partial charge is 0.479 e. The molecule has 0 aliphatic heterocycles. The molecule has 0 atom stereocenters. The first-order chi connectivity index (χ1) is 10.1. The Morgan fingerprint density at radius 1 is 1.29 bits per heavy atom. The number of hydrogen-bond acceptors (Lipinski definition) is 3. The first kappa shape index (κ1) is 14.8. The molecule has 6 heteroatoms. The van der Waals surface area contributed by atoms with Gasteiger partial charge in [0.2, 0.25) is 0 Å². The predicted molar refractivity (Wildman–Crippen MR) is 76.7 cm³/mol. The number of rotatable bonds is 4. The number of ether oxygens (including phenoxy) is 1. The van der Waals surface area contributed by atoms with E-state index in [1.807, 2.05) is 6.07 Å². The molecule has 1 N–H and O–H groups in total. The molecule has 1 amide bonds. The number of halogens is 2. The maximum atomic E-state index is 13.4. The minimum Gasteiger partial charge on any atom is -0.479 e. The van der Waals surface area contributed by atoms with E-state index in [1.54, 1.807) is 24.3 Å². The van der Waals surface area contributed by atoms with Crippen LogP contribution in [0.1, 0.15) is 5.56 Å². The van der Waals surface area contributed by atoms with Crippen molar-refractivity contribution < 1.29 is 13.9 Å². The Morgan fingerprint density at radius 2 is 2.00 bits per heavy atom. The summed E-state index contributed by atoms with van der Waals surface area (Å²) < 4.78 is 18.5. The van der Waals surface area contributed by atoms with Crippen LogP contribution in [0, 0.1) is 17.1 Å². The molecular formula is C15H10ClFN2O2. The van der Waals surface area contributed by atoms with Crippen LogP contribution in [0.4, 0.5) is 10.1 Å². The van der Waals surface area contributed by atoms with Gasteiger partial charge in [0, 0.05) is 5.69 Å². The second kappa shape index (κ2) is 6.73. The SMILES string of the molecule is N#Cc1ccc(NC(=O)COc2c(F)cccc2Cl)cc1. The number of anilines is 1. The highest BCUT2D eigenvalue weighted by Gasteiger charge is 2.10. The number of benzene rings is 2. The number of nitrogens with zero attached hydrogens (tertiary/aromatic N) is 1. The number of hydrogen-bond donors (Lipinski definition) is 1. The lowest BCUT2D eigenvalue weighted by Gasteiger charge is -2.09. The lowest BCUT2D eigenvalue weighted by Crippen LogP contribution is -2.20. The van der Waals surface area contributed by atoms with Crippen LogP contribution < -0.4 is 10.1 Å². The van der Waals surface area contributed by atoms with E-state index < -0.39 is 11.7 Å². The third kappa shape index (κ3) is 3.94. The highest BCUT2D eigenvalue weighted by Crippen LogP contribution is 2.27. The minimum absolute atomic E-state index is 0.0983. The summed E-state index contributed by atoms with van der Waals surface area (Å²) in [5.74, 6) is -1.25. The third-order valence-electron chi connectivity index (χ3n) is 2.56. The summed E-state index contributed by atoms with van der Waals surface area (Å²) in [7, 11) is 0.